The SMILES string of the molecule is CNC(C#N)CCN1CCC(CN2CCCC2)CC1. The number of hydrogen-bond donors (Lipinski definition) is 1. The predicted octanol–water partition coefficient (Wildman–Crippen LogP) is 1.30. The minimum Gasteiger partial charge on any atom is -0.305 e. The lowest BCUT2D eigenvalue weighted by molar-refractivity contribution is 0.151. The Labute approximate surface area is 117 Å². The van der Waals surface area contributed by atoms with E-state index in [0.717, 1.165) is 18.9 Å². The first-order valence-electron chi connectivity index (χ1n) is 7.83. The Morgan fingerprint density at radius 1 is 1.16 bits per heavy atom. The molecule has 2 heterocycles. The molecule has 2 fully saturated rings. The van der Waals surface area contributed by atoms with Crippen LogP contribution in [-0.2, 0) is 0 Å². The van der Waals surface area contributed by atoms with Crippen molar-refractivity contribution in [1.29, 1.82) is 5.26 Å². The van der Waals surface area contributed by atoms with Crippen molar-refractivity contribution in [3.05, 3.63) is 0 Å². The summed E-state index contributed by atoms with van der Waals surface area (Å²) in [7, 11) is 1.87. The van der Waals surface area contributed by atoms with Crippen molar-refractivity contribution in [3.63, 3.8) is 0 Å². The second-order valence-electron chi connectivity index (χ2n) is 6.05. The molecule has 0 aromatic rings. The highest BCUT2D eigenvalue weighted by Crippen LogP contribution is 2.20. The number of nitrogens with zero attached hydrogens (tertiary/aromatic N) is 3. The van der Waals surface area contributed by atoms with Crippen LogP contribution in [0.5, 0.6) is 0 Å². The van der Waals surface area contributed by atoms with Gasteiger partial charge >= 0.3 is 0 Å². The molecule has 2 saturated heterocycles. The minimum atomic E-state index is 0.0160. The molecule has 1 N–H and O–H groups in total. The molecule has 0 aliphatic carbocycles. The van der Waals surface area contributed by atoms with Crippen LogP contribution in [0.3, 0.4) is 0 Å². The molecule has 2 aliphatic heterocycles. The summed E-state index contributed by atoms with van der Waals surface area (Å²) in [5, 5.41) is 12.0. The van der Waals surface area contributed by atoms with Crippen LogP contribution in [0.4, 0.5) is 0 Å². The number of nitrogens with one attached hydrogen (secondary N) is 1. The van der Waals surface area contributed by atoms with Crippen LogP contribution in [0, 0.1) is 17.2 Å². The molecule has 0 bridgehead atoms. The van der Waals surface area contributed by atoms with E-state index in [0.29, 0.717) is 0 Å². The average Bonchev–Trinajstić information content (AvgIpc) is 2.95. The fourth-order valence-electron chi connectivity index (χ4n) is 3.31. The molecule has 2 aliphatic rings. The van der Waals surface area contributed by atoms with Crippen molar-refractivity contribution < 1.29 is 0 Å². The summed E-state index contributed by atoms with van der Waals surface area (Å²) < 4.78 is 0. The molecule has 19 heavy (non-hydrogen) atoms. The third-order valence-corrected chi connectivity index (χ3v) is 4.66. The van der Waals surface area contributed by atoms with E-state index < -0.39 is 0 Å². The van der Waals surface area contributed by atoms with E-state index in [4.69, 9.17) is 5.26 Å². The molecule has 0 saturated carbocycles. The molecule has 0 radical (unpaired) electrons. The molecule has 4 heteroatoms. The van der Waals surface area contributed by atoms with Crippen LogP contribution < -0.4 is 5.32 Å². The smallest absolute Gasteiger partial charge is 0.0962 e. The minimum absolute atomic E-state index is 0.0160. The topological polar surface area (TPSA) is 42.3 Å². The zero-order valence-electron chi connectivity index (χ0n) is 12.3. The maximum atomic E-state index is 8.92. The first-order chi connectivity index (χ1) is 9.31. The fraction of sp³-hybridized carbons (Fsp3) is 0.933. The number of piperidine rings is 1. The largest absolute Gasteiger partial charge is 0.305 e. The van der Waals surface area contributed by atoms with Crippen LogP contribution in [0.2, 0.25) is 0 Å². The van der Waals surface area contributed by atoms with Crippen molar-refractivity contribution in [2.45, 2.75) is 38.1 Å². The summed E-state index contributed by atoms with van der Waals surface area (Å²) in [6.45, 7) is 7.49. The van der Waals surface area contributed by atoms with E-state index in [-0.39, 0.29) is 6.04 Å². The lowest BCUT2D eigenvalue weighted by Gasteiger charge is -2.34. The van der Waals surface area contributed by atoms with Crippen molar-refractivity contribution in [2.75, 3.05) is 46.3 Å². The normalized spacial score (nSPS) is 24.4. The average molecular weight is 264 g/mol. The van der Waals surface area contributed by atoms with E-state index in [1.54, 1.807) is 0 Å². The lowest BCUT2D eigenvalue weighted by Crippen LogP contribution is -2.40. The number of hydrogen-bond acceptors (Lipinski definition) is 4. The second kappa shape index (κ2) is 7.84. The number of nitriles is 1. The van der Waals surface area contributed by atoms with Gasteiger partial charge in [-0.05, 0) is 71.2 Å². The van der Waals surface area contributed by atoms with Gasteiger partial charge in [-0.25, -0.2) is 0 Å². The molecule has 0 aromatic carbocycles. The zero-order valence-corrected chi connectivity index (χ0v) is 12.3. The molecule has 108 valence electrons. The zero-order chi connectivity index (χ0) is 13.5. The molecule has 0 amide bonds. The van der Waals surface area contributed by atoms with Crippen molar-refractivity contribution in [2.24, 2.45) is 5.92 Å². The third kappa shape index (κ3) is 4.76. The van der Waals surface area contributed by atoms with Gasteiger partial charge in [-0.3, -0.25) is 0 Å². The van der Waals surface area contributed by atoms with E-state index in [1.165, 1.54) is 58.4 Å². The molecular formula is C15H28N4. The highest BCUT2D eigenvalue weighted by Gasteiger charge is 2.22. The van der Waals surface area contributed by atoms with Crippen LogP contribution in [-0.4, -0.2) is 62.2 Å². The van der Waals surface area contributed by atoms with Gasteiger partial charge in [-0.2, -0.15) is 5.26 Å². The Morgan fingerprint density at radius 3 is 2.42 bits per heavy atom. The summed E-state index contributed by atoms with van der Waals surface area (Å²) in [6.07, 6.45) is 6.43. The second-order valence-corrected chi connectivity index (χ2v) is 6.05. The number of rotatable bonds is 6. The maximum Gasteiger partial charge on any atom is 0.0962 e. The summed E-state index contributed by atoms with van der Waals surface area (Å²) in [4.78, 5) is 5.18. The first-order valence-corrected chi connectivity index (χ1v) is 7.83. The third-order valence-electron chi connectivity index (χ3n) is 4.66. The van der Waals surface area contributed by atoms with Crippen LogP contribution in [0.25, 0.3) is 0 Å². The molecule has 1 atom stereocenters. The van der Waals surface area contributed by atoms with Gasteiger partial charge < -0.3 is 15.1 Å². The quantitative estimate of drug-likeness (QED) is 0.785. The highest BCUT2D eigenvalue weighted by molar-refractivity contribution is 4.89. The molecular weight excluding hydrogens is 236 g/mol. The predicted molar refractivity (Wildman–Crippen MR) is 77.9 cm³/mol. The Bertz CT molecular complexity index is 285. The van der Waals surface area contributed by atoms with Crippen molar-refractivity contribution in [3.8, 4) is 6.07 Å². The van der Waals surface area contributed by atoms with Crippen LogP contribution in [0.15, 0.2) is 0 Å². The van der Waals surface area contributed by atoms with E-state index >= 15 is 0 Å². The summed E-state index contributed by atoms with van der Waals surface area (Å²) in [5.41, 5.74) is 0. The Balaban J connectivity index is 1.60. The van der Waals surface area contributed by atoms with Crippen LogP contribution in [0.1, 0.15) is 32.1 Å². The van der Waals surface area contributed by atoms with Gasteiger partial charge in [0.1, 0.15) is 0 Å². The fourth-order valence-corrected chi connectivity index (χ4v) is 3.31. The summed E-state index contributed by atoms with van der Waals surface area (Å²) in [6, 6.07) is 2.32. The number of likely N-dealkylation sites (tertiary alicyclic amines) is 2. The van der Waals surface area contributed by atoms with Crippen molar-refractivity contribution >= 4 is 0 Å². The van der Waals surface area contributed by atoms with E-state index in [1.807, 2.05) is 7.05 Å². The van der Waals surface area contributed by atoms with Gasteiger partial charge in [0.05, 0.1) is 12.1 Å². The van der Waals surface area contributed by atoms with Crippen molar-refractivity contribution in [1.82, 2.24) is 15.1 Å². The highest BCUT2D eigenvalue weighted by atomic mass is 15.2. The Morgan fingerprint density at radius 2 is 1.84 bits per heavy atom. The molecule has 2 rings (SSSR count). The van der Waals surface area contributed by atoms with Crippen LogP contribution >= 0.6 is 0 Å². The van der Waals surface area contributed by atoms with E-state index in [9.17, 15) is 0 Å². The summed E-state index contributed by atoms with van der Waals surface area (Å²) >= 11 is 0. The monoisotopic (exact) mass is 264 g/mol. The molecule has 0 spiro atoms. The van der Waals surface area contributed by atoms with Gasteiger partial charge in [-0.15, -0.1) is 0 Å². The lowest BCUT2D eigenvalue weighted by atomic mass is 9.96. The van der Waals surface area contributed by atoms with E-state index in [2.05, 4.69) is 21.2 Å². The first kappa shape index (κ1) is 14.8. The van der Waals surface area contributed by atoms with Gasteiger partial charge in [0.15, 0.2) is 0 Å². The standard InChI is InChI=1S/C15H28N4/c1-17-15(12-16)6-11-18-9-4-14(5-10-18)13-19-7-2-3-8-19/h14-15,17H,2-11,13H2,1H3. The van der Waals surface area contributed by atoms with Gasteiger partial charge in [0.25, 0.3) is 0 Å². The molecule has 4 nitrogen and oxygen atoms in total. The van der Waals surface area contributed by atoms with Gasteiger partial charge in [0.2, 0.25) is 0 Å². The summed E-state index contributed by atoms with van der Waals surface area (Å²) in [5.74, 6) is 0.908. The maximum absolute atomic E-state index is 8.92. The van der Waals surface area contributed by atoms with Gasteiger partial charge in [0, 0.05) is 13.1 Å². The Kier molecular flexibility index (Phi) is 6.09. The van der Waals surface area contributed by atoms with Gasteiger partial charge in [-0.1, -0.05) is 0 Å². The molecule has 0 aromatic heterocycles. The Hall–Kier alpha value is -0.630. The molecule has 1 unspecified atom stereocenters.